The van der Waals surface area contributed by atoms with Crippen LogP contribution in [0.15, 0.2) is 30.3 Å². The molecule has 0 bridgehead atoms. The summed E-state index contributed by atoms with van der Waals surface area (Å²) >= 11 is 0. The van der Waals surface area contributed by atoms with Gasteiger partial charge in [-0.15, -0.1) is 0 Å². The molecule has 1 aliphatic carbocycles. The summed E-state index contributed by atoms with van der Waals surface area (Å²) < 4.78 is 2.16. The van der Waals surface area contributed by atoms with Gasteiger partial charge in [-0.05, 0) is 25.7 Å². The Morgan fingerprint density at radius 3 is 2.43 bits per heavy atom. The van der Waals surface area contributed by atoms with Crippen LogP contribution in [0.1, 0.15) is 51.1 Å². The molecule has 0 unspecified atom stereocenters. The lowest BCUT2D eigenvalue weighted by atomic mass is 9.81. The van der Waals surface area contributed by atoms with Gasteiger partial charge in [0.1, 0.15) is 11.6 Å². The van der Waals surface area contributed by atoms with Crippen molar-refractivity contribution in [3.05, 3.63) is 36.0 Å². The van der Waals surface area contributed by atoms with Gasteiger partial charge in [0, 0.05) is 18.0 Å². The molecule has 1 saturated carbocycles. The highest BCUT2D eigenvalue weighted by Crippen LogP contribution is 2.38. The molecule has 1 fully saturated rings. The lowest BCUT2D eigenvalue weighted by Crippen LogP contribution is -2.13. The fourth-order valence-corrected chi connectivity index (χ4v) is 3.45. The van der Waals surface area contributed by atoms with Crippen LogP contribution in [0.4, 0.5) is 5.82 Å². The maximum atomic E-state index is 6.42. The first kappa shape index (κ1) is 14.2. The van der Waals surface area contributed by atoms with Crippen LogP contribution in [-0.4, -0.2) is 9.55 Å². The van der Waals surface area contributed by atoms with E-state index in [2.05, 4.69) is 42.7 Å². The van der Waals surface area contributed by atoms with Crippen LogP contribution in [0.3, 0.4) is 0 Å². The van der Waals surface area contributed by atoms with E-state index >= 15 is 0 Å². The van der Waals surface area contributed by atoms with Gasteiger partial charge in [0.05, 0.1) is 5.69 Å². The van der Waals surface area contributed by atoms with Gasteiger partial charge < -0.3 is 10.3 Å². The van der Waals surface area contributed by atoms with Crippen LogP contribution in [0.2, 0.25) is 0 Å². The van der Waals surface area contributed by atoms with Crippen molar-refractivity contribution in [2.75, 3.05) is 5.73 Å². The van der Waals surface area contributed by atoms with E-state index < -0.39 is 0 Å². The number of nitrogens with zero attached hydrogens (tertiary/aromatic N) is 2. The number of hydrogen-bond donors (Lipinski definition) is 1. The Morgan fingerprint density at radius 2 is 1.81 bits per heavy atom. The van der Waals surface area contributed by atoms with E-state index in [1.54, 1.807) is 0 Å². The molecule has 0 saturated heterocycles. The molecule has 1 aromatic heterocycles. The third-order valence-electron chi connectivity index (χ3n) is 4.79. The van der Waals surface area contributed by atoms with E-state index in [1.165, 1.54) is 25.7 Å². The van der Waals surface area contributed by atoms with Crippen LogP contribution in [0.5, 0.6) is 0 Å². The predicted molar refractivity (Wildman–Crippen MR) is 88.1 cm³/mol. The van der Waals surface area contributed by atoms with Crippen molar-refractivity contribution < 1.29 is 0 Å². The molecule has 112 valence electrons. The third kappa shape index (κ3) is 2.69. The van der Waals surface area contributed by atoms with Gasteiger partial charge >= 0.3 is 0 Å². The van der Waals surface area contributed by atoms with Gasteiger partial charge in [-0.2, -0.15) is 0 Å². The van der Waals surface area contributed by atoms with Gasteiger partial charge in [-0.3, -0.25) is 0 Å². The zero-order chi connectivity index (χ0) is 14.8. The van der Waals surface area contributed by atoms with Gasteiger partial charge in [-0.25, -0.2) is 4.98 Å². The lowest BCUT2D eigenvalue weighted by Gasteiger charge is -2.25. The minimum Gasteiger partial charge on any atom is -0.384 e. The molecule has 0 aliphatic heterocycles. The topological polar surface area (TPSA) is 43.8 Å². The Balaban J connectivity index is 1.98. The number of hydrogen-bond acceptors (Lipinski definition) is 2. The number of benzene rings is 1. The van der Waals surface area contributed by atoms with Crippen LogP contribution >= 0.6 is 0 Å². The largest absolute Gasteiger partial charge is 0.384 e. The number of rotatable bonds is 3. The van der Waals surface area contributed by atoms with E-state index in [0.29, 0.717) is 5.92 Å². The molecule has 1 aliphatic rings. The number of anilines is 1. The molecule has 21 heavy (non-hydrogen) atoms. The molecule has 3 heteroatoms. The maximum Gasteiger partial charge on any atom is 0.141 e. The third-order valence-corrected chi connectivity index (χ3v) is 4.79. The van der Waals surface area contributed by atoms with Crippen LogP contribution in [0.25, 0.3) is 11.4 Å². The second-order valence-corrected chi connectivity index (χ2v) is 6.27. The quantitative estimate of drug-likeness (QED) is 0.904. The van der Waals surface area contributed by atoms with Gasteiger partial charge in [-0.1, -0.05) is 50.1 Å². The zero-order valence-corrected chi connectivity index (χ0v) is 13.0. The Hall–Kier alpha value is -1.77. The van der Waals surface area contributed by atoms with Crippen molar-refractivity contribution >= 4 is 5.82 Å². The van der Waals surface area contributed by atoms with Crippen molar-refractivity contribution in [3.8, 4) is 11.4 Å². The zero-order valence-electron chi connectivity index (χ0n) is 13.0. The highest BCUT2D eigenvalue weighted by Gasteiger charge is 2.26. The van der Waals surface area contributed by atoms with E-state index in [1.807, 2.05) is 6.07 Å². The first-order chi connectivity index (χ1) is 10.2. The Kier molecular flexibility index (Phi) is 4.00. The number of nitrogen functional groups attached to an aromatic ring is 1. The van der Waals surface area contributed by atoms with Crippen molar-refractivity contribution in [1.29, 1.82) is 0 Å². The molecular weight excluding hydrogens is 258 g/mol. The molecule has 2 N–H and O–H groups in total. The van der Waals surface area contributed by atoms with E-state index in [4.69, 9.17) is 10.7 Å². The van der Waals surface area contributed by atoms with Gasteiger partial charge in [0.15, 0.2) is 0 Å². The second-order valence-electron chi connectivity index (χ2n) is 6.27. The van der Waals surface area contributed by atoms with Gasteiger partial charge in [0.2, 0.25) is 0 Å². The SMILES string of the molecule is CCn1c(-c2ccccc2)nc(C2CCC(C)CC2)c1N. The smallest absolute Gasteiger partial charge is 0.141 e. The normalized spacial score (nSPS) is 22.4. The van der Waals surface area contributed by atoms with Crippen molar-refractivity contribution in [1.82, 2.24) is 9.55 Å². The van der Waals surface area contributed by atoms with Crippen LogP contribution in [0, 0.1) is 5.92 Å². The van der Waals surface area contributed by atoms with E-state index in [0.717, 1.165) is 35.4 Å². The summed E-state index contributed by atoms with van der Waals surface area (Å²) in [4.78, 5) is 4.94. The molecule has 3 nitrogen and oxygen atoms in total. The van der Waals surface area contributed by atoms with Crippen molar-refractivity contribution in [2.45, 2.75) is 52.0 Å². The fraction of sp³-hybridized carbons (Fsp3) is 0.500. The number of nitrogens with two attached hydrogens (primary N) is 1. The first-order valence-corrected chi connectivity index (χ1v) is 8.12. The monoisotopic (exact) mass is 283 g/mol. The van der Waals surface area contributed by atoms with Gasteiger partial charge in [0.25, 0.3) is 0 Å². The summed E-state index contributed by atoms with van der Waals surface area (Å²) in [6, 6.07) is 10.4. The molecule has 0 spiro atoms. The Morgan fingerprint density at radius 1 is 1.14 bits per heavy atom. The van der Waals surface area contributed by atoms with Crippen molar-refractivity contribution in [2.24, 2.45) is 5.92 Å². The minimum atomic E-state index is 0.538. The summed E-state index contributed by atoms with van der Waals surface area (Å²) in [6.07, 6.45) is 5.04. The molecule has 0 atom stereocenters. The summed E-state index contributed by atoms with van der Waals surface area (Å²) in [5, 5.41) is 0. The summed E-state index contributed by atoms with van der Waals surface area (Å²) in [7, 11) is 0. The molecule has 3 rings (SSSR count). The molecule has 1 heterocycles. The minimum absolute atomic E-state index is 0.538. The predicted octanol–water partition coefficient (Wildman–Crippen LogP) is 4.45. The Labute approximate surface area is 127 Å². The molecular formula is C18H25N3. The first-order valence-electron chi connectivity index (χ1n) is 8.12. The molecule has 0 amide bonds. The lowest BCUT2D eigenvalue weighted by molar-refractivity contribution is 0.345. The van der Waals surface area contributed by atoms with E-state index in [-0.39, 0.29) is 0 Å². The summed E-state index contributed by atoms with van der Waals surface area (Å²) in [6.45, 7) is 5.35. The average molecular weight is 283 g/mol. The number of imidazole rings is 1. The van der Waals surface area contributed by atoms with Crippen LogP contribution < -0.4 is 5.73 Å². The van der Waals surface area contributed by atoms with Crippen LogP contribution in [-0.2, 0) is 6.54 Å². The molecule has 1 aromatic carbocycles. The highest BCUT2D eigenvalue weighted by atomic mass is 15.1. The summed E-state index contributed by atoms with van der Waals surface area (Å²) in [5.41, 5.74) is 8.70. The molecule has 2 aromatic rings. The standard InChI is InChI=1S/C18H25N3/c1-3-21-17(19)16(14-11-9-13(2)10-12-14)20-18(21)15-7-5-4-6-8-15/h4-8,13-14H,3,9-12,19H2,1-2H3. The highest BCUT2D eigenvalue weighted by molar-refractivity contribution is 5.61. The maximum absolute atomic E-state index is 6.42. The molecule has 0 radical (unpaired) electrons. The fourth-order valence-electron chi connectivity index (χ4n) is 3.45. The van der Waals surface area contributed by atoms with E-state index in [9.17, 15) is 0 Å². The summed E-state index contributed by atoms with van der Waals surface area (Å²) in [5.74, 6) is 3.28. The number of aromatic nitrogens is 2. The Bertz CT molecular complexity index is 592. The average Bonchev–Trinajstić information content (AvgIpc) is 2.86. The second kappa shape index (κ2) is 5.92. The van der Waals surface area contributed by atoms with Crippen molar-refractivity contribution in [3.63, 3.8) is 0 Å².